The molecule has 2 aromatic carbocycles. The molecule has 1 amide bonds. The van der Waals surface area contributed by atoms with Crippen LogP contribution >= 0.6 is 0 Å². The second-order valence-electron chi connectivity index (χ2n) is 6.65. The predicted octanol–water partition coefficient (Wildman–Crippen LogP) is 3.62. The van der Waals surface area contributed by atoms with Gasteiger partial charge in [0.1, 0.15) is 0 Å². The number of benzene rings is 2. The summed E-state index contributed by atoms with van der Waals surface area (Å²) in [6.07, 6.45) is 2.59. The Hall–Kier alpha value is -2.56. The van der Waals surface area contributed by atoms with Crippen LogP contribution in [0, 0.1) is 11.7 Å². The molecule has 3 rings (SSSR count). The third-order valence-electron chi connectivity index (χ3n) is 4.35. The summed E-state index contributed by atoms with van der Waals surface area (Å²) in [6.45, 7) is 2.41. The van der Waals surface area contributed by atoms with Crippen LogP contribution in [0.4, 0.5) is 10.1 Å². The zero-order valence-corrected chi connectivity index (χ0v) is 14.3. The number of nitrogens with one attached hydrogen (secondary N) is 1. The zero-order chi connectivity index (χ0) is 17.8. The average molecular weight is 342 g/mol. The number of nitrogen functional groups attached to an aromatic ring is 1. The minimum atomic E-state index is -0.391. The van der Waals surface area contributed by atoms with Gasteiger partial charge in [0, 0.05) is 5.69 Å². The van der Waals surface area contributed by atoms with Crippen LogP contribution in [0.1, 0.15) is 36.9 Å². The van der Waals surface area contributed by atoms with Crippen LogP contribution in [-0.2, 0) is 11.2 Å². The van der Waals surface area contributed by atoms with E-state index in [1.54, 1.807) is 24.3 Å². The quantitative estimate of drug-likeness (QED) is 0.756. The fourth-order valence-corrected chi connectivity index (χ4v) is 2.59. The van der Waals surface area contributed by atoms with Gasteiger partial charge < -0.3 is 15.8 Å². The maximum Gasteiger partial charge on any atom is 0.224 e. The minimum absolute atomic E-state index is 0.119. The third kappa shape index (κ3) is 4.95. The maximum atomic E-state index is 14.2. The van der Waals surface area contributed by atoms with Crippen molar-refractivity contribution in [3.8, 4) is 5.75 Å². The number of rotatable bonds is 7. The molecule has 5 heteroatoms. The Morgan fingerprint density at radius 3 is 2.64 bits per heavy atom. The summed E-state index contributed by atoms with van der Waals surface area (Å²) in [5, 5.41) is 2.89. The summed E-state index contributed by atoms with van der Waals surface area (Å²) in [5.41, 5.74) is 7.89. The molecule has 0 spiro atoms. The molecule has 0 aliphatic heterocycles. The van der Waals surface area contributed by atoms with Crippen LogP contribution in [0.2, 0.25) is 0 Å². The zero-order valence-electron chi connectivity index (χ0n) is 14.3. The molecule has 1 aliphatic rings. The van der Waals surface area contributed by atoms with Crippen molar-refractivity contribution in [3.05, 3.63) is 59.4 Å². The molecule has 0 aromatic heterocycles. The number of hydrogen-bond acceptors (Lipinski definition) is 3. The van der Waals surface area contributed by atoms with Crippen LogP contribution in [-0.4, -0.2) is 12.5 Å². The van der Waals surface area contributed by atoms with Gasteiger partial charge in [-0.25, -0.2) is 4.39 Å². The molecule has 2 aromatic rings. The van der Waals surface area contributed by atoms with Crippen molar-refractivity contribution in [2.24, 2.45) is 5.92 Å². The van der Waals surface area contributed by atoms with Crippen LogP contribution in [0.5, 0.6) is 5.75 Å². The van der Waals surface area contributed by atoms with Gasteiger partial charge in [0.2, 0.25) is 5.91 Å². The molecular formula is C20H23FN2O2. The Balaban J connectivity index is 1.56. The Morgan fingerprint density at radius 1 is 1.28 bits per heavy atom. The minimum Gasteiger partial charge on any atom is -0.490 e. The SMILES string of the molecule is CC(NC(=O)Cc1ccc(N)cc1)c1ccc(OCC2CC2)c(F)c1. The molecule has 4 nitrogen and oxygen atoms in total. The van der Waals surface area contributed by atoms with Crippen molar-refractivity contribution in [1.29, 1.82) is 0 Å². The second kappa shape index (κ2) is 7.55. The summed E-state index contributed by atoms with van der Waals surface area (Å²) >= 11 is 0. The van der Waals surface area contributed by atoms with Crippen molar-refractivity contribution >= 4 is 11.6 Å². The summed E-state index contributed by atoms with van der Waals surface area (Å²) in [7, 11) is 0. The van der Waals surface area contributed by atoms with Gasteiger partial charge in [-0.05, 0) is 61.1 Å². The van der Waals surface area contributed by atoms with Crippen LogP contribution < -0.4 is 15.8 Å². The van der Waals surface area contributed by atoms with E-state index in [9.17, 15) is 9.18 Å². The number of nitrogens with two attached hydrogens (primary N) is 1. The topological polar surface area (TPSA) is 64.4 Å². The van der Waals surface area contributed by atoms with Gasteiger partial charge in [-0.1, -0.05) is 18.2 Å². The molecule has 1 aliphatic carbocycles. The molecule has 3 N–H and O–H groups in total. The lowest BCUT2D eigenvalue weighted by Gasteiger charge is -2.16. The summed E-state index contributed by atoms with van der Waals surface area (Å²) in [6, 6.07) is 11.7. The van der Waals surface area contributed by atoms with E-state index in [1.807, 2.05) is 19.1 Å². The largest absolute Gasteiger partial charge is 0.490 e. The molecule has 1 unspecified atom stereocenters. The Kier molecular flexibility index (Phi) is 5.22. The van der Waals surface area contributed by atoms with Gasteiger partial charge in [-0.15, -0.1) is 0 Å². The van der Waals surface area contributed by atoms with Gasteiger partial charge in [0.05, 0.1) is 19.1 Å². The van der Waals surface area contributed by atoms with Crippen LogP contribution in [0.3, 0.4) is 0 Å². The van der Waals surface area contributed by atoms with E-state index in [0.29, 0.717) is 23.8 Å². The summed E-state index contributed by atoms with van der Waals surface area (Å²) in [4.78, 5) is 12.2. The fraction of sp³-hybridized carbons (Fsp3) is 0.350. The molecule has 132 valence electrons. The number of hydrogen-bond donors (Lipinski definition) is 2. The Bertz CT molecular complexity index is 742. The highest BCUT2D eigenvalue weighted by Gasteiger charge is 2.22. The van der Waals surface area contributed by atoms with Crippen molar-refractivity contribution < 1.29 is 13.9 Å². The molecule has 0 saturated heterocycles. The van der Waals surface area contributed by atoms with Crippen molar-refractivity contribution in [2.75, 3.05) is 12.3 Å². The molecule has 0 bridgehead atoms. The number of ether oxygens (including phenoxy) is 1. The maximum absolute atomic E-state index is 14.2. The highest BCUT2D eigenvalue weighted by Crippen LogP contribution is 2.30. The van der Waals surface area contributed by atoms with Crippen molar-refractivity contribution in [2.45, 2.75) is 32.2 Å². The lowest BCUT2D eigenvalue weighted by Crippen LogP contribution is -2.28. The van der Waals surface area contributed by atoms with Gasteiger partial charge in [-0.3, -0.25) is 4.79 Å². The second-order valence-corrected chi connectivity index (χ2v) is 6.65. The molecule has 0 heterocycles. The van der Waals surface area contributed by atoms with Gasteiger partial charge in [0.15, 0.2) is 11.6 Å². The first-order chi connectivity index (χ1) is 12.0. The molecule has 1 atom stereocenters. The molecular weight excluding hydrogens is 319 g/mol. The smallest absolute Gasteiger partial charge is 0.224 e. The van der Waals surface area contributed by atoms with Crippen molar-refractivity contribution in [1.82, 2.24) is 5.32 Å². The number of carbonyl (C=O) groups excluding carboxylic acids is 1. The van der Waals surface area contributed by atoms with Gasteiger partial charge in [0.25, 0.3) is 0 Å². The normalized spacial score (nSPS) is 14.8. The van der Waals surface area contributed by atoms with E-state index < -0.39 is 5.82 Å². The fourth-order valence-electron chi connectivity index (χ4n) is 2.59. The van der Waals surface area contributed by atoms with Gasteiger partial charge in [-0.2, -0.15) is 0 Å². The molecule has 1 saturated carbocycles. The number of halogens is 1. The number of carbonyl (C=O) groups is 1. The first kappa shape index (κ1) is 17.3. The molecule has 1 fully saturated rings. The lowest BCUT2D eigenvalue weighted by molar-refractivity contribution is -0.121. The summed E-state index contributed by atoms with van der Waals surface area (Å²) in [5.74, 6) is 0.339. The number of anilines is 1. The van der Waals surface area contributed by atoms with E-state index in [0.717, 1.165) is 18.4 Å². The van der Waals surface area contributed by atoms with E-state index in [-0.39, 0.29) is 24.1 Å². The molecule has 0 radical (unpaired) electrons. The first-order valence-electron chi connectivity index (χ1n) is 8.57. The first-order valence-corrected chi connectivity index (χ1v) is 8.57. The van der Waals surface area contributed by atoms with E-state index >= 15 is 0 Å². The van der Waals surface area contributed by atoms with E-state index in [4.69, 9.17) is 10.5 Å². The lowest BCUT2D eigenvalue weighted by atomic mass is 10.1. The van der Waals surface area contributed by atoms with Crippen LogP contribution in [0.25, 0.3) is 0 Å². The third-order valence-corrected chi connectivity index (χ3v) is 4.35. The van der Waals surface area contributed by atoms with Gasteiger partial charge >= 0.3 is 0 Å². The molecule has 25 heavy (non-hydrogen) atoms. The predicted molar refractivity (Wildman–Crippen MR) is 95.7 cm³/mol. The highest BCUT2D eigenvalue weighted by molar-refractivity contribution is 5.79. The standard InChI is InChI=1S/C20H23FN2O2/c1-13(23-20(24)10-14-4-7-17(22)8-5-14)16-6-9-19(18(21)11-16)25-12-15-2-3-15/h4-9,11,13,15H,2-3,10,12,22H2,1H3,(H,23,24). The van der Waals surface area contributed by atoms with Crippen LogP contribution in [0.15, 0.2) is 42.5 Å². The van der Waals surface area contributed by atoms with E-state index in [1.165, 1.54) is 6.07 Å². The summed E-state index contributed by atoms with van der Waals surface area (Å²) < 4.78 is 19.6. The Labute approximate surface area is 147 Å². The monoisotopic (exact) mass is 342 g/mol. The highest BCUT2D eigenvalue weighted by atomic mass is 19.1. The van der Waals surface area contributed by atoms with E-state index in [2.05, 4.69) is 5.32 Å². The number of amides is 1. The Morgan fingerprint density at radius 2 is 2.00 bits per heavy atom. The van der Waals surface area contributed by atoms with Crippen molar-refractivity contribution in [3.63, 3.8) is 0 Å². The average Bonchev–Trinajstić information content (AvgIpc) is 3.40.